The maximum Gasteiger partial charge on any atom is 0.128 e. The van der Waals surface area contributed by atoms with Crippen LogP contribution >= 0.6 is 27.5 Å². The first-order valence-electron chi connectivity index (χ1n) is 6.63. The van der Waals surface area contributed by atoms with Crippen molar-refractivity contribution in [3.05, 3.63) is 57.0 Å². The van der Waals surface area contributed by atoms with E-state index in [2.05, 4.69) is 15.9 Å². The van der Waals surface area contributed by atoms with Crippen molar-refractivity contribution in [3.63, 3.8) is 0 Å². The quantitative estimate of drug-likeness (QED) is 0.840. The second kappa shape index (κ2) is 5.87. The molecule has 0 saturated heterocycles. The van der Waals surface area contributed by atoms with Gasteiger partial charge in [-0.15, -0.1) is 0 Å². The van der Waals surface area contributed by atoms with Gasteiger partial charge in [0.2, 0.25) is 0 Å². The van der Waals surface area contributed by atoms with E-state index in [9.17, 15) is 0 Å². The Labute approximate surface area is 137 Å². The Morgan fingerprint density at radius 1 is 1.24 bits per heavy atom. The summed E-state index contributed by atoms with van der Waals surface area (Å²) in [7, 11) is 1.63. The van der Waals surface area contributed by atoms with E-state index in [0.29, 0.717) is 11.4 Å². The molecule has 0 spiro atoms. The van der Waals surface area contributed by atoms with Crippen molar-refractivity contribution in [2.24, 2.45) is 5.73 Å². The zero-order valence-electron chi connectivity index (χ0n) is 11.5. The summed E-state index contributed by atoms with van der Waals surface area (Å²) in [6.45, 7) is 0. The lowest BCUT2D eigenvalue weighted by molar-refractivity contribution is 0.161. The van der Waals surface area contributed by atoms with Gasteiger partial charge in [0.1, 0.15) is 17.6 Å². The first-order valence-corrected chi connectivity index (χ1v) is 7.80. The molecule has 110 valence electrons. The minimum atomic E-state index is -0.162. The molecule has 1 aliphatic rings. The van der Waals surface area contributed by atoms with Crippen molar-refractivity contribution >= 4 is 27.5 Å². The molecule has 2 atom stereocenters. The lowest BCUT2D eigenvalue weighted by Crippen LogP contribution is -2.24. The van der Waals surface area contributed by atoms with Gasteiger partial charge in [-0.2, -0.15) is 0 Å². The summed E-state index contributed by atoms with van der Waals surface area (Å²) in [5.41, 5.74) is 8.22. The van der Waals surface area contributed by atoms with Gasteiger partial charge in [0.15, 0.2) is 0 Å². The van der Waals surface area contributed by atoms with Crippen LogP contribution in [0, 0.1) is 0 Å². The largest absolute Gasteiger partial charge is 0.497 e. The first kappa shape index (κ1) is 14.7. The van der Waals surface area contributed by atoms with Crippen LogP contribution in [0.5, 0.6) is 11.5 Å². The number of rotatable bonds is 2. The van der Waals surface area contributed by atoms with Gasteiger partial charge < -0.3 is 15.2 Å². The number of ether oxygens (including phenoxy) is 2. The molecule has 5 heteroatoms. The molecule has 0 amide bonds. The Balaban J connectivity index is 1.98. The predicted molar refractivity (Wildman–Crippen MR) is 87.1 cm³/mol. The summed E-state index contributed by atoms with van der Waals surface area (Å²) in [6, 6.07) is 11.4. The van der Waals surface area contributed by atoms with Crippen LogP contribution in [-0.4, -0.2) is 7.11 Å². The molecular weight excluding hydrogens is 354 g/mol. The molecule has 2 aromatic rings. The summed E-state index contributed by atoms with van der Waals surface area (Å²) in [5.74, 6) is 1.51. The van der Waals surface area contributed by atoms with Crippen molar-refractivity contribution in [2.45, 2.75) is 18.6 Å². The minimum absolute atomic E-state index is 0.0836. The molecule has 0 aromatic heterocycles. The third kappa shape index (κ3) is 2.89. The molecule has 2 N–H and O–H groups in total. The smallest absolute Gasteiger partial charge is 0.128 e. The van der Waals surface area contributed by atoms with E-state index in [4.69, 9.17) is 26.8 Å². The summed E-state index contributed by atoms with van der Waals surface area (Å²) in [5, 5.41) is 0.682. The normalized spacial score (nSPS) is 20.6. The van der Waals surface area contributed by atoms with Gasteiger partial charge in [0.25, 0.3) is 0 Å². The van der Waals surface area contributed by atoms with Gasteiger partial charge >= 0.3 is 0 Å². The number of hydrogen-bond acceptors (Lipinski definition) is 3. The van der Waals surface area contributed by atoms with Crippen LogP contribution in [0.25, 0.3) is 0 Å². The summed E-state index contributed by atoms with van der Waals surface area (Å²) < 4.78 is 12.3. The van der Waals surface area contributed by atoms with Gasteiger partial charge in [-0.3, -0.25) is 0 Å². The van der Waals surface area contributed by atoms with Crippen molar-refractivity contribution in [3.8, 4) is 11.5 Å². The molecule has 1 aliphatic heterocycles. The van der Waals surface area contributed by atoms with Gasteiger partial charge in [-0.25, -0.2) is 0 Å². The molecule has 0 aliphatic carbocycles. The van der Waals surface area contributed by atoms with E-state index >= 15 is 0 Å². The molecular formula is C16H15BrClNO2. The van der Waals surface area contributed by atoms with Crippen molar-refractivity contribution < 1.29 is 9.47 Å². The highest BCUT2D eigenvalue weighted by Crippen LogP contribution is 2.43. The molecule has 1 heterocycles. The van der Waals surface area contributed by atoms with Gasteiger partial charge in [-0.05, 0) is 24.3 Å². The van der Waals surface area contributed by atoms with Crippen molar-refractivity contribution in [1.29, 1.82) is 0 Å². The second-order valence-corrected chi connectivity index (χ2v) is 6.34. The van der Waals surface area contributed by atoms with Gasteiger partial charge in [0, 0.05) is 39.2 Å². The van der Waals surface area contributed by atoms with E-state index < -0.39 is 0 Å². The summed E-state index contributed by atoms with van der Waals surface area (Å²) in [6.07, 6.45) is 0.528. The van der Waals surface area contributed by atoms with Crippen molar-refractivity contribution in [1.82, 2.24) is 0 Å². The third-order valence-corrected chi connectivity index (χ3v) is 4.50. The second-order valence-electron chi connectivity index (χ2n) is 5.02. The summed E-state index contributed by atoms with van der Waals surface area (Å²) >= 11 is 9.76. The van der Waals surface area contributed by atoms with E-state index in [0.717, 1.165) is 27.1 Å². The van der Waals surface area contributed by atoms with Crippen LogP contribution in [0.2, 0.25) is 5.02 Å². The molecule has 0 saturated carbocycles. The van der Waals surface area contributed by atoms with Crippen LogP contribution in [0.15, 0.2) is 40.9 Å². The zero-order chi connectivity index (χ0) is 15.0. The number of nitrogens with two attached hydrogens (primary N) is 1. The predicted octanol–water partition coefficient (Wildman–Crippen LogP) is 4.63. The molecule has 0 radical (unpaired) electrons. The number of methoxy groups -OCH3 is 1. The first-order chi connectivity index (χ1) is 10.1. The molecule has 1 unspecified atom stereocenters. The Morgan fingerprint density at radius 3 is 2.81 bits per heavy atom. The maximum absolute atomic E-state index is 6.30. The molecule has 2 aromatic carbocycles. The Hall–Kier alpha value is -1.23. The van der Waals surface area contributed by atoms with Crippen LogP contribution < -0.4 is 15.2 Å². The highest BCUT2D eigenvalue weighted by atomic mass is 79.9. The molecule has 3 nitrogen and oxygen atoms in total. The van der Waals surface area contributed by atoms with Crippen LogP contribution in [0.1, 0.15) is 29.7 Å². The topological polar surface area (TPSA) is 44.5 Å². The van der Waals surface area contributed by atoms with E-state index in [-0.39, 0.29) is 12.1 Å². The van der Waals surface area contributed by atoms with Gasteiger partial charge in [-0.1, -0.05) is 33.6 Å². The lowest BCUT2D eigenvalue weighted by atomic mass is 9.93. The Bertz CT molecular complexity index is 677. The van der Waals surface area contributed by atoms with E-state index in [1.54, 1.807) is 7.11 Å². The standard InChI is InChI=1S/C16H15BrClNO2/c1-20-10-3-4-11-14(19)8-16(21-15(11)7-10)12-6-9(17)2-5-13(12)18/h2-7,14,16H,8,19H2,1H3/t14-,16?/m0/s1. The maximum atomic E-state index is 6.30. The fraction of sp³-hybridized carbons (Fsp3) is 0.250. The number of hydrogen-bond donors (Lipinski definition) is 1. The molecule has 0 bridgehead atoms. The zero-order valence-corrected chi connectivity index (χ0v) is 13.8. The lowest BCUT2D eigenvalue weighted by Gasteiger charge is -2.31. The third-order valence-electron chi connectivity index (χ3n) is 3.66. The number of fused-ring (bicyclic) bond motifs is 1. The average molecular weight is 369 g/mol. The summed E-state index contributed by atoms with van der Waals surface area (Å²) in [4.78, 5) is 0. The van der Waals surface area contributed by atoms with Crippen LogP contribution in [-0.2, 0) is 0 Å². The molecule has 21 heavy (non-hydrogen) atoms. The monoisotopic (exact) mass is 367 g/mol. The average Bonchev–Trinajstić information content (AvgIpc) is 2.49. The Kier molecular flexibility index (Phi) is 4.11. The fourth-order valence-corrected chi connectivity index (χ4v) is 3.18. The molecule has 3 rings (SSSR count). The highest BCUT2D eigenvalue weighted by molar-refractivity contribution is 9.10. The minimum Gasteiger partial charge on any atom is -0.497 e. The highest BCUT2D eigenvalue weighted by Gasteiger charge is 2.28. The van der Waals surface area contributed by atoms with E-state index in [1.807, 2.05) is 36.4 Å². The fourth-order valence-electron chi connectivity index (χ4n) is 2.56. The van der Waals surface area contributed by atoms with Gasteiger partial charge in [0.05, 0.1) is 7.11 Å². The van der Waals surface area contributed by atoms with Crippen LogP contribution in [0.3, 0.4) is 0 Å². The van der Waals surface area contributed by atoms with E-state index in [1.165, 1.54) is 0 Å². The SMILES string of the molecule is COc1ccc2c(c1)OC(c1cc(Br)ccc1Cl)C[C@@H]2N. The number of benzene rings is 2. The number of halogens is 2. The Morgan fingerprint density at radius 2 is 2.05 bits per heavy atom. The molecule has 0 fully saturated rings. The van der Waals surface area contributed by atoms with Crippen molar-refractivity contribution in [2.75, 3.05) is 7.11 Å². The van der Waals surface area contributed by atoms with Crippen LogP contribution in [0.4, 0.5) is 0 Å².